The zero-order valence-electron chi connectivity index (χ0n) is 40.0. The summed E-state index contributed by atoms with van der Waals surface area (Å²) in [6, 6.07) is 102. The zero-order chi connectivity index (χ0) is 48.3. The summed E-state index contributed by atoms with van der Waals surface area (Å²) in [6.07, 6.45) is 0. The first-order valence-corrected chi connectivity index (χ1v) is 25.1. The van der Waals surface area contributed by atoms with E-state index in [0.717, 1.165) is 72.6 Å². The van der Waals surface area contributed by atoms with Crippen molar-refractivity contribution >= 4 is 0 Å². The van der Waals surface area contributed by atoms with E-state index in [1.54, 1.807) is 0 Å². The zero-order valence-corrected chi connectivity index (χ0v) is 40.0. The quantitative estimate of drug-likeness (QED) is 0.159. The number of benzene rings is 11. The summed E-state index contributed by atoms with van der Waals surface area (Å²) >= 11 is 0. The highest BCUT2D eigenvalue weighted by Gasteiger charge is 2.49. The van der Waals surface area contributed by atoms with E-state index in [1.165, 1.54) is 55.6 Å². The first-order valence-electron chi connectivity index (χ1n) is 25.1. The number of hydrogen-bond donors (Lipinski definition) is 0. The van der Waals surface area contributed by atoms with Crippen molar-refractivity contribution in [3.63, 3.8) is 0 Å². The van der Waals surface area contributed by atoms with Crippen LogP contribution in [0.25, 0.3) is 112 Å². The van der Waals surface area contributed by atoms with Crippen molar-refractivity contribution in [3.8, 4) is 112 Å². The first-order chi connectivity index (χ1) is 36.2. The van der Waals surface area contributed by atoms with Crippen LogP contribution in [-0.2, 0) is 5.41 Å². The molecule has 1 spiro atoms. The summed E-state index contributed by atoms with van der Waals surface area (Å²) in [5.74, 6) is 0.661. The molecule has 12 aromatic rings. The van der Waals surface area contributed by atoms with Crippen molar-refractivity contribution in [2.45, 2.75) is 5.41 Å². The predicted molar refractivity (Wildman–Crippen MR) is 302 cm³/mol. The lowest BCUT2D eigenvalue weighted by atomic mass is 9.65. The van der Waals surface area contributed by atoms with E-state index in [4.69, 9.17) is 9.97 Å². The minimum absolute atomic E-state index is 0.641. The summed E-state index contributed by atoms with van der Waals surface area (Å²) < 4.78 is 0. The van der Waals surface area contributed by atoms with Gasteiger partial charge in [0.15, 0.2) is 5.82 Å². The van der Waals surface area contributed by atoms with Gasteiger partial charge in [0.25, 0.3) is 0 Å². The molecule has 0 saturated carbocycles. The van der Waals surface area contributed by atoms with Crippen LogP contribution in [0.3, 0.4) is 0 Å². The van der Waals surface area contributed by atoms with E-state index in [0.29, 0.717) is 5.82 Å². The van der Waals surface area contributed by atoms with Crippen molar-refractivity contribution in [1.82, 2.24) is 9.97 Å². The Morgan fingerprint density at radius 1 is 0.192 bits per heavy atom. The van der Waals surface area contributed by atoms with E-state index in [-0.39, 0.29) is 0 Å². The second-order valence-corrected chi connectivity index (χ2v) is 19.2. The van der Waals surface area contributed by atoms with E-state index < -0.39 is 5.41 Å². The average Bonchev–Trinajstić information content (AvgIpc) is 3.73. The van der Waals surface area contributed by atoms with Gasteiger partial charge >= 0.3 is 0 Å². The molecular formula is C71H46N2. The Morgan fingerprint density at radius 3 is 0.877 bits per heavy atom. The molecule has 1 heterocycles. The van der Waals surface area contributed by atoms with Crippen molar-refractivity contribution in [1.29, 1.82) is 0 Å². The van der Waals surface area contributed by atoms with Crippen LogP contribution < -0.4 is 0 Å². The van der Waals surface area contributed by atoms with Crippen LogP contribution in [0.15, 0.2) is 279 Å². The molecule has 0 atom stereocenters. The average molecular weight is 927 g/mol. The van der Waals surface area contributed by atoms with Gasteiger partial charge in [0.2, 0.25) is 0 Å². The van der Waals surface area contributed by atoms with Gasteiger partial charge in [-0.25, -0.2) is 9.97 Å². The number of aromatic nitrogens is 2. The monoisotopic (exact) mass is 926 g/mol. The van der Waals surface area contributed by atoms with Crippen LogP contribution in [-0.4, -0.2) is 9.97 Å². The van der Waals surface area contributed by atoms with Crippen LogP contribution in [0.4, 0.5) is 0 Å². The van der Waals surface area contributed by atoms with Crippen LogP contribution in [0.1, 0.15) is 22.3 Å². The molecule has 0 N–H and O–H groups in total. The maximum Gasteiger partial charge on any atom is 0.160 e. The minimum atomic E-state index is -0.641. The van der Waals surface area contributed by atoms with Gasteiger partial charge < -0.3 is 0 Å². The Balaban J connectivity index is 1.06. The summed E-state index contributed by atoms with van der Waals surface area (Å²) in [4.78, 5) is 11.4. The lowest BCUT2D eigenvalue weighted by Gasteiger charge is -2.35. The number of hydrogen-bond acceptors (Lipinski definition) is 2. The fraction of sp³-hybridized carbons (Fsp3) is 0.0141. The molecule has 0 amide bonds. The Kier molecular flexibility index (Phi) is 10.1. The van der Waals surface area contributed by atoms with Crippen LogP contribution in [0, 0.1) is 0 Å². The van der Waals surface area contributed by atoms with Crippen molar-refractivity contribution in [2.24, 2.45) is 0 Å². The first kappa shape index (κ1) is 42.4. The van der Waals surface area contributed by atoms with Crippen molar-refractivity contribution in [2.75, 3.05) is 0 Å². The van der Waals surface area contributed by atoms with Gasteiger partial charge in [-0.05, 0) is 149 Å². The lowest BCUT2D eigenvalue weighted by molar-refractivity contribution is 0.775. The molecule has 0 radical (unpaired) electrons. The predicted octanol–water partition coefficient (Wildman–Crippen LogP) is 18.2. The summed E-state index contributed by atoms with van der Waals surface area (Å²) in [7, 11) is 0. The molecule has 73 heavy (non-hydrogen) atoms. The molecule has 14 rings (SSSR count). The van der Waals surface area contributed by atoms with Gasteiger partial charge in [-0.3, -0.25) is 0 Å². The van der Waals surface area contributed by atoms with Gasteiger partial charge in [0.1, 0.15) is 0 Å². The topological polar surface area (TPSA) is 25.8 Å². The van der Waals surface area contributed by atoms with Crippen LogP contribution in [0.2, 0.25) is 0 Å². The lowest BCUT2D eigenvalue weighted by Crippen LogP contribution is -2.29. The summed E-state index contributed by atoms with van der Waals surface area (Å²) in [5, 5.41) is 0. The van der Waals surface area contributed by atoms with Gasteiger partial charge in [-0.2, -0.15) is 0 Å². The normalized spacial score (nSPS) is 12.5. The van der Waals surface area contributed by atoms with E-state index in [9.17, 15) is 0 Å². The Hall–Kier alpha value is -9.50. The molecular weight excluding hydrogens is 881 g/mol. The molecule has 340 valence electrons. The smallest absolute Gasteiger partial charge is 0.160 e. The second-order valence-electron chi connectivity index (χ2n) is 19.2. The van der Waals surface area contributed by atoms with E-state index in [1.807, 2.05) is 0 Å². The minimum Gasteiger partial charge on any atom is -0.228 e. The molecule has 0 fully saturated rings. The van der Waals surface area contributed by atoms with E-state index in [2.05, 4.69) is 279 Å². The number of fused-ring (bicyclic) bond motifs is 12. The summed E-state index contributed by atoms with van der Waals surface area (Å²) in [5.41, 5.74) is 25.5. The van der Waals surface area contributed by atoms with Gasteiger partial charge in [-0.15, -0.1) is 0 Å². The van der Waals surface area contributed by atoms with Gasteiger partial charge in [-0.1, -0.05) is 231 Å². The van der Waals surface area contributed by atoms with Crippen molar-refractivity contribution in [3.05, 3.63) is 301 Å². The van der Waals surface area contributed by atoms with Crippen LogP contribution in [0.5, 0.6) is 0 Å². The SMILES string of the molecule is c1ccc(-c2cc(-c3ccccc3)cc(-c3cc(-c4cc(-c5ccccc5)cc(-c5ccccc5)c4)nc(-c4ccc5c(c4)C4(c6ccccc6-c6ccccc6-5)c5ccccc5-c5ccccc54)n3)c2)cc1. The molecule has 2 aliphatic carbocycles. The van der Waals surface area contributed by atoms with Gasteiger partial charge in [0.05, 0.1) is 16.8 Å². The molecule has 0 bridgehead atoms. The Morgan fingerprint density at radius 2 is 0.493 bits per heavy atom. The number of rotatable bonds is 7. The van der Waals surface area contributed by atoms with Crippen molar-refractivity contribution < 1.29 is 0 Å². The molecule has 0 aliphatic heterocycles. The highest BCUT2D eigenvalue weighted by Crippen LogP contribution is 2.61. The molecule has 2 aliphatic rings. The molecule has 0 saturated heterocycles. The Bertz CT molecular complexity index is 3760. The molecule has 2 heteroatoms. The standard InChI is InChI=1S/C71H46N2/c1-5-21-47(22-6-1)52-39-53(48-23-7-2-8-24-48)42-56(41-52)68-46-69(57-43-54(49-25-9-3-10-26-49)40-55(44-57)50-27-11-4-12-28-50)73-70(72-68)51-37-38-63-59-30-14-13-29-58(59)60-31-15-18-34-64(60)71(67(63)45-51)65-35-19-16-32-61(65)62-33-17-20-36-66(62)71/h1-46H. The molecule has 11 aromatic carbocycles. The number of nitrogens with zero attached hydrogens (tertiary/aromatic N) is 2. The van der Waals surface area contributed by atoms with Crippen LogP contribution >= 0.6 is 0 Å². The molecule has 0 unspecified atom stereocenters. The highest BCUT2D eigenvalue weighted by molar-refractivity contribution is 5.98. The maximum atomic E-state index is 5.68. The third-order valence-corrected chi connectivity index (χ3v) is 15.1. The Labute approximate surface area is 426 Å². The third-order valence-electron chi connectivity index (χ3n) is 15.1. The molecule has 2 nitrogen and oxygen atoms in total. The second kappa shape index (κ2) is 17.4. The van der Waals surface area contributed by atoms with Gasteiger partial charge in [0, 0.05) is 16.7 Å². The largest absolute Gasteiger partial charge is 0.228 e. The molecule has 1 aromatic heterocycles. The third kappa shape index (κ3) is 7.10. The fourth-order valence-electron chi connectivity index (χ4n) is 11.8. The maximum absolute atomic E-state index is 5.68. The fourth-order valence-corrected chi connectivity index (χ4v) is 11.8. The van der Waals surface area contributed by atoms with E-state index >= 15 is 0 Å². The highest BCUT2D eigenvalue weighted by atomic mass is 14.9. The summed E-state index contributed by atoms with van der Waals surface area (Å²) in [6.45, 7) is 0.